The zero-order chi connectivity index (χ0) is 18.7. The van der Waals surface area contributed by atoms with Gasteiger partial charge in [-0.25, -0.2) is 0 Å². The van der Waals surface area contributed by atoms with Crippen LogP contribution in [0.15, 0.2) is 84.9 Å². The van der Waals surface area contributed by atoms with Gasteiger partial charge in [-0.15, -0.1) is 11.6 Å². The lowest BCUT2D eigenvalue weighted by Gasteiger charge is -2.28. The molecule has 0 saturated carbocycles. The average Bonchev–Trinajstić information content (AvgIpc) is 2.88. The largest absolute Gasteiger partial charge is 0.312 e. The van der Waals surface area contributed by atoms with Crippen LogP contribution in [0.4, 0.5) is 0 Å². The first-order valence-corrected chi connectivity index (χ1v) is 11.4. The number of hydrogen-bond donors (Lipinski definition) is 0. The van der Waals surface area contributed by atoms with E-state index in [9.17, 15) is 4.57 Å². The number of alkyl halides is 1. The molecular weight excluding hydrogens is 375 g/mol. The number of hydrogen-bond acceptors (Lipinski definition) is 2. The van der Waals surface area contributed by atoms with Gasteiger partial charge in [-0.3, -0.25) is 4.57 Å². The summed E-state index contributed by atoms with van der Waals surface area (Å²) in [5.41, 5.74) is 2.29. The molecule has 0 radical (unpaired) electrons. The highest BCUT2D eigenvalue weighted by molar-refractivity contribution is 7.74. The third kappa shape index (κ3) is 3.75. The quantitative estimate of drug-likeness (QED) is 0.325. The lowest BCUT2D eigenvalue weighted by molar-refractivity contribution is 0.209. The van der Waals surface area contributed by atoms with Crippen molar-refractivity contribution in [3.63, 3.8) is 0 Å². The number of benzene rings is 3. The summed E-state index contributed by atoms with van der Waals surface area (Å²) in [4.78, 5) is 0. The molecule has 0 aliphatic heterocycles. The minimum Gasteiger partial charge on any atom is -0.312 e. The first-order chi connectivity index (χ1) is 13.2. The number of rotatable bonds is 4. The predicted molar refractivity (Wildman–Crippen MR) is 113 cm³/mol. The first-order valence-electron chi connectivity index (χ1n) is 9.30. The number of aryl methyl sites for hydroxylation is 1. The van der Waals surface area contributed by atoms with Gasteiger partial charge in [0.2, 0.25) is 0 Å². The normalized spacial score (nSPS) is 19.9. The van der Waals surface area contributed by atoms with Crippen LogP contribution in [0.3, 0.4) is 0 Å². The van der Waals surface area contributed by atoms with E-state index in [1.54, 1.807) is 0 Å². The van der Waals surface area contributed by atoms with E-state index >= 15 is 0 Å². The molecule has 27 heavy (non-hydrogen) atoms. The molecule has 1 aliphatic carbocycles. The van der Waals surface area contributed by atoms with Gasteiger partial charge < -0.3 is 4.52 Å². The molecule has 0 fully saturated rings. The molecule has 2 atom stereocenters. The van der Waals surface area contributed by atoms with Crippen LogP contribution in [0.2, 0.25) is 0 Å². The van der Waals surface area contributed by atoms with E-state index in [-0.39, 0.29) is 5.38 Å². The van der Waals surface area contributed by atoms with E-state index < -0.39 is 13.5 Å². The van der Waals surface area contributed by atoms with Crippen molar-refractivity contribution in [1.29, 1.82) is 0 Å². The van der Waals surface area contributed by atoms with Crippen molar-refractivity contribution >= 4 is 29.6 Å². The van der Waals surface area contributed by atoms with E-state index in [0.29, 0.717) is 10.6 Å². The lowest BCUT2D eigenvalue weighted by atomic mass is 10.0. The monoisotopic (exact) mass is 396 g/mol. The molecule has 4 rings (SSSR count). The highest BCUT2D eigenvalue weighted by Crippen LogP contribution is 2.51. The summed E-state index contributed by atoms with van der Waals surface area (Å²) < 4.78 is 20.8. The van der Waals surface area contributed by atoms with Crippen molar-refractivity contribution in [2.45, 2.75) is 30.7 Å². The van der Waals surface area contributed by atoms with Gasteiger partial charge in [0, 0.05) is 10.6 Å². The minimum atomic E-state index is -3.29. The summed E-state index contributed by atoms with van der Waals surface area (Å²) in [7, 11) is -3.29. The van der Waals surface area contributed by atoms with E-state index in [0.717, 1.165) is 24.8 Å². The van der Waals surface area contributed by atoms with Crippen LogP contribution < -0.4 is 10.6 Å². The first kappa shape index (κ1) is 18.5. The fourth-order valence-corrected chi connectivity index (χ4v) is 6.34. The van der Waals surface area contributed by atoms with Gasteiger partial charge in [-0.05, 0) is 54.7 Å². The van der Waals surface area contributed by atoms with Gasteiger partial charge in [0.05, 0.1) is 5.38 Å². The van der Waals surface area contributed by atoms with Crippen molar-refractivity contribution in [1.82, 2.24) is 0 Å². The topological polar surface area (TPSA) is 26.3 Å². The van der Waals surface area contributed by atoms with Gasteiger partial charge in [-0.2, -0.15) is 0 Å². The third-order valence-corrected chi connectivity index (χ3v) is 8.00. The van der Waals surface area contributed by atoms with E-state index in [2.05, 4.69) is 12.1 Å². The van der Waals surface area contributed by atoms with Crippen LogP contribution >= 0.6 is 19.0 Å². The summed E-state index contributed by atoms with van der Waals surface area (Å²) >= 11 is 6.75. The van der Waals surface area contributed by atoms with Crippen molar-refractivity contribution in [2.24, 2.45) is 0 Å². The van der Waals surface area contributed by atoms with Crippen molar-refractivity contribution in [3.8, 4) is 0 Å². The predicted octanol–water partition coefficient (Wildman–Crippen LogP) is 5.62. The summed E-state index contributed by atoms with van der Waals surface area (Å²) in [6.45, 7) is 0. The van der Waals surface area contributed by atoms with Gasteiger partial charge in [0.1, 0.15) is 6.10 Å². The fraction of sp³-hybridized carbons (Fsp3) is 0.217. The van der Waals surface area contributed by atoms with Gasteiger partial charge in [0.15, 0.2) is 0 Å². The Morgan fingerprint density at radius 1 is 0.815 bits per heavy atom. The molecule has 0 saturated heterocycles. The maximum atomic E-state index is 14.3. The Bertz CT molecular complexity index is 899. The van der Waals surface area contributed by atoms with Gasteiger partial charge in [0.25, 0.3) is 7.37 Å². The highest BCUT2D eigenvalue weighted by atomic mass is 35.5. The van der Waals surface area contributed by atoms with Crippen molar-refractivity contribution in [3.05, 3.63) is 96.1 Å². The van der Waals surface area contributed by atoms with Crippen LogP contribution in [-0.4, -0.2) is 5.38 Å². The van der Waals surface area contributed by atoms with Gasteiger partial charge >= 0.3 is 0 Å². The van der Waals surface area contributed by atoms with Gasteiger partial charge in [-0.1, -0.05) is 60.7 Å². The molecule has 3 aromatic carbocycles. The second-order valence-corrected chi connectivity index (χ2v) is 9.76. The Morgan fingerprint density at radius 2 is 1.37 bits per heavy atom. The Morgan fingerprint density at radius 3 is 2.00 bits per heavy atom. The second-order valence-electron chi connectivity index (χ2n) is 6.86. The fourth-order valence-electron chi connectivity index (χ4n) is 3.68. The molecule has 0 spiro atoms. The molecular formula is C23H22ClO2P. The lowest BCUT2D eigenvalue weighted by Crippen LogP contribution is -2.23. The zero-order valence-electron chi connectivity index (χ0n) is 15.0. The van der Waals surface area contributed by atoms with Crippen LogP contribution in [0.5, 0.6) is 0 Å². The Kier molecular flexibility index (Phi) is 5.50. The maximum Gasteiger partial charge on any atom is 0.261 e. The molecule has 0 N–H and O–H groups in total. The smallest absolute Gasteiger partial charge is 0.261 e. The standard InChI is InChI=1S/C23H22ClO2P/c24-22-17-9-11-18-10-7-8-16-21(18)23(22)26-27(25,19-12-3-1-4-13-19)20-14-5-2-6-15-20/h1-8,10,12-16,22-23H,9,11,17H2. The maximum absolute atomic E-state index is 14.3. The van der Waals surface area contributed by atoms with Crippen LogP contribution in [0, 0.1) is 0 Å². The molecule has 0 heterocycles. The van der Waals surface area contributed by atoms with Crippen LogP contribution in [0.1, 0.15) is 30.1 Å². The molecule has 0 amide bonds. The highest BCUT2D eigenvalue weighted by Gasteiger charge is 2.37. The minimum absolute atomic E-state index is 0.214. The number of halogens is 1. The summed E-state index contributed by atoms with van der Waals surface area (Å²) in [5, 5.41) is 1.18. The Hall–Kier alpha value is -1.86. The molecule has 138 valence electrons. The molecule has 3 aromatic rings. The van der Waals surface area contributed by atoms with Crippen molar-refractivity contribution < 1.29 is 9.09 Å². The molecule has 1 aliphatic rings. The summed E-state index contributed by atoms with van der Waals surface area (Å²) in [6.07, 6.45) is 2.41. The summed E-state index contributed by atoms with van der Waals surface area (Å²) in [6, 6.07) is 27.1. The third-order valence-electron chi connectivity index (χ3n) is 5.07. The van der Waals surface area contributed by atoms with Crippen molar-refractivity contribution in [2.75, 3.05) is 0 Å². The molecule has 2 nitrogen and oxygen atoms in total. The molecule has 0 aromatic heterocycles. The molecule has 0 bridgehead atoms. The summed E-state index contributed by atoms with van der Waals surface area (Å²) in [5.74, 6) is 0. The number of fused-ring (bicyclic) bond motifs is 1. The van der Waals surface area contributed by atoms with Crippen LogP contribution in [-0.2, 0) is 15.5 Å². The van der Waals surface area contributed by atoms with E-state index in [1.165, 1.54) is 5.56 Å². The SMILES string of the molecule is O=P(OC1c2ccccc2CCCC1Cl)(c1ccccc1)c1ccccc1. The van der Waals surface area contributed by atoms with Crippen LogP contribution in [0.25, 0.3) is 0 Å². The Labute approximate surface area is 165 Å². The molecule has 4 heteroatoms. The molecule has 2 unspecified atom stereocenters. The van der Waals surface area contributed by atoms with E-state index in [1.807, 2.05) is 72.8 Å². The van der Waals surface area contributed by atoms with E-state index in [4.69, 9.17) is 16.1 Å². The Balaban J connectivity index is 1.82. The zero-order valence-corrected chi connectivity index (χ0v) is 16.7. The average molecular weight is 397 g/mol. The second kappa shape index (κ2) is 8.02.